The minimum absolute atomic E-state index is 0.157. The molecule has 0 aromatic heterocycles. The predicted octanol–water partition coefficient (Wildman–Crippen LogP) is 7.39. The number of halogens is 3. The molecule has 0 unspecified atom stereocenters. The lowest BCUT2D eigenvalue weighted by Crippen LogP contribution is -1.98. The monoisotopic (exact) mass is 368 g/mol. The second-order valence-electron chi connectivity index (χ2n) is 6.74. The number of aryl methyl sites for hydroxylation is 2. The molecule has 0 aliphatic carbocycles. The van der Waals surface area contributed by atoms with E-state index in [-0.39, 0.29) is 10.9 Å². The van der Waals surface area contributed by atoms with Gasteiger partial charge in [-0.3, -0.25) is 0 Å². The van der Waals surface area contributed by atoms with Crippen molar-refractivity contribution in [3.05, 3.63) is 83.2 Å². The molecule has 0 N–H and O–H groups in total. The highest BCUT2D eigenvalue weighted by molar-refractivity contribution is 5.89. The van der Waals surface area contributed by atoms with Crippen LogP contribution in [0.2, 0.25) is 0 Å². The van der Waals surface area contributed by atoms with Gasteiger partial charge in [0, 0.05) is 5.56 Å². The largest absolute Gasteiger partial charge is 0.206 e. The fourth-order valence-corrected chi connectivity index (χ4v) is 3.37. The first kappa shape index (κ1) is 19.2. The van der Waals surface area contributed by atoms with E-state index in [0.29, 0.717) is 29.4 Å². The molecule has 0 atom stereocenters. The van der Waals surface area contributed by atoms with Crippen molar-refractivity contribution in [2.24, 2.45) is 0 Å². The van der Waals surface area contributed by atoms with E-state index >= 15 is 0 Å². The Labute approximate surface area is 158 Å². The summed E-state index contributed by atoms with van der Waals surface area (Å²) in [6.07, 6.45) is 6.88. The topological polar surface area (TPSA) is 0 Å². The summed E-state index contributed by atoms with van der Waals surface area (Å²) in [5, 5.41) is 0.102. The molecule has 0 fully saturated rings. The maximum atomic E-state index is 14.8. The first-order valence-electron chi connectivity index (χ1n) is 9.36. The molecule has 0 aliphatic rings. The molecule has 0 saturated heterocycles. The Morgan fingerprint density at radius 3 is 2.26 bits per heavy atom. The van der Waals surface area contributed by atoms with E-state index in [4.69, 9.17) is 0 Å². The summed E-state index contributed by atoms with van der Waals surface area (Å²) >= 11 is 0. The summed E-state index contributed by atoms with van der Waals surface area (Å²) in [6.45, 7) is 3.98. The number of hydrogen-bond donors (Lipinski definition) is 0. The van der Waals surface area contributed by atoms with Gasteiger partial charge in [-0.2, -0.15) is 0 Å². The minimum Gasteiger partial charge on any atom is -0.206 e. The third kappa shape index (κ3) is 3.92. The zero-order valence-corrected chi connectivity index (χ0v) is 15.7. The summed E-state index contributed by atoms with van der Waals surface area (Å²) in [5.41, 5.74) is 2.30. The van der Waals surface area contributed by atoms with Crippen LogP contribution < -0.4 is 0 Å². The summed E-state index contributed by atoms with van der Waals surface area (Å²) in [4.78, 5) is 0. The third-order valence-corrected chi connectivity index (χ3v) is 4.82. The van der Waals surface area contributed by atoms with Gasteiger partial charge >= 0.3 is 0 Å². The van der Waals surface area contributed by atoms with Gasteiger partial charge in [-0.15, -0.1) is 0 Å². The number of benzene rings is 3. The average Bonchev–Trinajstić information content (AvgIpc) is 2.67. The molecule has 140 valence electrons. The zero-order chi connectivity index (χ0) is 19.4. The van der Waals surface area contributed by atoms with Gasteiger partial charge in [-0.1, -0.05) is 61.9 Å². The Kier molecular flexibility index (Phi) is 6.00. The average molecular weight is 368 g/mol. The maximum absolute atomic E-state index is 14.8. The molecule has 0 spiro atoms. The molecular weight excluding hydrogens is 345 g/mol. The van der Waals surface area contributed by atoms with Gasteiger partial charge in [0.05, 0.1) is 5.39 Å². The Hall–Kier alpha value is -2.55. The van der Waals surface area contributed by atoms with Crippen molar-refractivity contribution < 1.29 is 13.2 Å². The number of hydrogen-bond acceptors (Lipinski definition) is 0. The molecular formula is C24H23F3. The molecule has 3 rings (SSSR count). The summed E-state index contributed by atoms with van der Waals surface area (Å²) in [6, 6.07) is 12.3. The van der Waals surface area contributed by atoms with Gasteiger partial charge in [0.25, 0.3) is 0 Å². The van der Waals surface area contributed by atoms with Crippen molar-refractivity contribution in [3.8, 4) is 11.1 Å². The van der Waals surface area contributed by atoms with Crippen LogP contribution in [0.5, 0.6) is 0 Å². The van der Waals surface area contributed by atoms with Crippen molar-refractivity contribution in [2.45, 2.75) is 39.5 Å². The second kappa shape index (κ2) is 8.43. The zero-order valence-electron chi connectivity index (χ0n) is 15.7. The maximum Gasteiger partial charge on any atom is 0.170 e. The highest BCUT2D eigenvalue weighted by atomic mass is 19.2. The quantitative estimate of drug-likeness (QED) is 0.398. The highest BCUT2D eigenvalue weighted by Gasteiger charge is 2.19. The number of allylic oxidation sites excluding steroid dienone is 2. The molecule has 0 heterocycles. The van der Waals surface area contributed by atoms with E-state index in [0.717, 1.165) is 18.4 Å². The van der Waals surface area contributed by atoms with Crippen LogP contribution in [0.25, 0.3) is 21.9 Å². The van der Waals surface area contributed by atoms with Crippen molar-refractivity contribution in [2.75, 3.05) is 0 Å². The standard InChI is InChI=1S/C24H23F3/c1-3-5-6-8-18-13-14-19-15-20(23(26)24(27)21(19)22(18)25)17-11-9-16(7-4-2)10-12-17/h3,5,9-15H,4,6-8H2,1-2H3/b5-3+. The first-order valence-corrected chi connectivity index (χ1v) is 9.36. The van der Waals surface area contributed by atoms with Crippen LogP contribution in [0.1, 0.15) is 37.8 Å². The second-order valence-corrected chi connectivity index (χ2v) is 6.74. The van der Waals surface area contributed by atoms with Gasteiger partial charge < -0.3 is 0 Å². The Balaban J connectivity index is 2.06. The Bertz CT molecular complexity index is 969. The molecule has 27 heavy (non-hydrogen) atoms. The predicted molar refractivity (Wildman–Crippen MR) is 106 cm³/mol. The van der Waals surface area contributed by atoms with Crippen LogP contribution in [-0.2, 0) is 12.8 Å². The lowest BCUT2D eigenvalue weighted by molar-refractivity contribution is 0.513. The summed E-state index contributed by atoms with van der Waals surface area (Å²) < 4.78 is 44.3. The molecule has 0 saturated carbocycles. The molecule has 0 amide bonds. The highest BCUT2D eigenvalue weighted by Crippen LogP contribution is 2.33. The van der Waals surface area contributed by atoms with Crippen LogP contribution in [-0.4, -0.2) is 0 Å². The molecule has 3 heteroatoms. The van der Waals surface area contributed by atoms with E-state index < -0.39 is 17.5 Å². The fraction of sp³-hybridized carbons (Fsp3) is 0.250. The third-order valence-electron chi connectivity index (χ3n) is 4.82. The van der Waals surface area contributed by atoms with E-state index in [1.165, 1.54) is 6.07 Å². The summed E-state index contributed by atoms with van der Waals surface area (Å²) in [7, 11) is 0. The minimum atomic E-state index is -1.12. The lowest BCUT2D eigenvalue weighted by Gasteiger charge is -2.11. The normalized spacial score (nSPS) is 11.6. The van der Waals surface area contributed by atoms with Crippen molar-refractivity contribution >= 4 is 10.8 Å². The fourth-order valence-electron chi connectivity index (χ4n) is 3.37. The first-order chi connectivity index (χ1) is 13.1. The molecule has 0 radical (unpaired) electrons. The van der Waals surface area contributed by atoms with Crippen LogP contribution in [0.4, 0.5) is 13.2 Å². The smallest absolute Gasteiger partial charge is 0.170 e. The van der Waals surface area contributed by atoms with E-state index in [2.05, 4.69) is 6.92 Å². The number of fused-ring (bicyclic) bond motifs is 1. The van der Waals surface area contributed by atoms with Crippen molar-refractivity contribution in [1.29, 1.82) is 0 Å². The van der Waals surface area contributed by atoms with Crippen LogP contribution in [0, 0.1) is 17.5 Å². The molecule has 0 nitrogen and oxygen atoms in total. The van der Waals surface area contributed by atoms with Gasteiger partial charge in [0.2, 0.25) is 0 Å². The Morgan fingerprint density at radius 2 is 1.59 bits per heavy atom. The molecule has 0 aliphatic heterocycles. The molecule has 3 aromatic carbocycles. The number of rotatable bonds is 6. The van der Waals surface area contributed by atoms with Gasteiger partial charge in [0.15, 0.2) is 11.6 Å². The van der Waals surface area contributed by atoms with Crippen LogP contribution in [0.3, 0.4) is 0 Å². The van der Waals surface area contributed by atoms with Crippen LogP contribution >= 0.6 is 0 Å². The van der Waals surface area contributed by atoms with E-state index in [1.807, 2.05) is 31.2 Å². The van der Waals surface area contributed by atoms with Crippen molar-refractivity contribution in [3.63, 3.8) is 0 Å². The molecule has 3 aromatic rings. The Morgan fingerprint density at radius 1 is 0.852 bits per heavy atom. The van der Waals surface area contributed by atoms with Gasteiger partial charge in [-0.05, 0) is 54.3 Å². The van der Waals surface area contributed by atoms with E-state index in [1.54, 1.807) is 24.3 Å². The van der Waals surface area contributed by atoms with E-state index in [9.17, 15) is 13.2 Å². The van der Waals surface area contributed by atoms with Gasteiger partial charge in [0.1, 0.15) is 5.82 Å². The molecule has 0 bridgehead atoms. The van der Waals surface area contributed by atoms with Crippen molar-refractivity contribution in [1.82, 2.24) is 0 Å². The SMILES string of the molecule is C/C=C/CCc1ccc2cc(-c3ccc(CCC)cc3)c(F)c(F)c2c1F. The lowest BCUT2D eigenvalue weighted by atomic mass is 9.96. The van der Waals surface area contributed by atoms with Gasteiger partial charge in [-0.25, -0.2) is 13.2 Å². The summed E-state index contributed by atoms with van der Waals surface area (Å²) in [5.74, 6) is -2.79. The van der Waals surface area contributed by atoms with Crippen LogP contribution in [0.15, 0.2) is 54.6 Å².